The molecular formula is C23H27ClN2O5. The lowest BCUT2D eigenvalue weighted by Gasteiger charge is -2.31. The number of amides is 2. The maximum Gasteiger partial charge on any atom is 0.254 e. The summed E-state index contributed by atoms with van der Waals surface area (Å²) in [6.45, 7) is 3.29. The van der Waals surface area contributed by atoms with Gasteiger partial charge in [-0.3, -0.25) is 9.59 Å². The van der Waals surface area contributed by atoms with Gasteiger partial charge in [0.1, 0.15) is 11.5 Å². The summed E-state index contributed by atoms with van der Waals surface area (Å²) in [5, 5.41) is 3.38. The lowest BCUT2D eigenvalue weighted by molar-refractivity contribution is -0.121. The van der Waals surface area contributed by atoms with Crippen LogP contribution in [0.1, 0.15) is 30.1 Å². The summed E-state index contributed by atoms with van der Waals surface area (Å²) in [4.78, 5) is 27.5. The average molecular weight is 447 g/mol. The largest absolute Gasteiger partial charge is 0.497 e. The Kier molecular flexibility index (Phi) is 7.63. The summed E-state index contributed by atoms with van der Waals surface area (Å²) in [7, 11) is 3.09. The molecule has 0 aromatic heterocycles. The standard InChI is InChI=1S/C23H27ClN2O5/c1-4-31-21-19(24)6-5-7-20(21)25-22(27)15-8-10-26(11-9-15)23(28)16-12-17(29-2)14-18(13-16)30-3/h5-7,12-15H,4,8-11H2,1-3H3,(H,25,27). The van der Waals surface area contributed by atoms with E-state index >= 15 is 0 Å². The zero-order chi connectivity index (χ0) is 22.4. The van der Waals surface area contributed by atoms with E-state index in [0.717, 1.165) is 0 Å². The number of carbonyl (C=O) groups is 2. The molecule has 0 spiro atoms. The Morgan fingerprint density at radius 1 is 1.10 bits per heavy atom. The van der Waals surface area contributed by atoms with Crippen molar-refractivity contribution in [2.24, 2.45) is 5.92 Å². The van der Waals surface area contributed by atoms with E-state index in [0.29, 0.717) is 66.1 Å². The molecule has 1 saturated heterocycles. The van der Waals surface area contributed by atoms with Crippen molar-refractivity contribution in [1.29, 1.82) is 0 Å². The minimum Gasteiger partial charge on any atom is -0.497 e. The molecule has 1 N–H and O–H groups in total. The second-order valence-electron chi connectivity index (χ2n) is 7.21. The van der Waals surface area contributed by atoms with Crippen molar-refractivity contribution in [3.63, 3.8) is 0 Å². The minimum absolute atomic E-state index is 0.0987. The number of hydrogen-bond donors (Lipinski definition) is 1. The van der Waals surface area contributed by atoms with Crippen molar-refractivity contribution in [3.05, 3.63) is 47.0 Å². The number of halogens is 1. The second kappa shape index (κ2) is 10.4. The van der Waals surface area contributed by atoms with E-state index in [4.69, 9.17) is 25.8 Å². The van der Waals surface area contributed by atoms with Crippen LogP contribution in [0.3, 0.4) is 0 Å². The fourth-order valence-electron chi connectivity index (χ4n) is 3.59. The Labute approximate surface area is 187 Å². The fraction of sp³-hybridized carbons (Fsp3) is 0.391. The molecule has 2 aromatic carbocycles. The Morgan fingerprint density at radius 2 is 1.74 bits per heavy atom. The number of carbonyl (C=O) groups excluding carboxylic acids is 2. The number of methoxy groups -OCH3 is 2. The lowest BCUT2D eigenvalue weighted by atomic mass is 9.95. The van der Waals surface area contributed by atoms with E-state index in [-0.39, 0.29) is 17.7 Å². The summed E-state index contributed by atoms with van der Waals surface area (Å²) < 4.78 is 16.1. The average Bonchev–Trinajstić information content (AvgIpc) is 2.80. The zero-order valence-corrected chi connectivity index (χ0v) is 18.7. The molecule has 0 aliphatic carbocycles. The van der Waals surface area contributed by atoms with Crippen LogP contribution < -0.4 is 19.5 Å². The number of hydrogen-bond acceptors (Lipinski definition) is 5. The zero-order valence-electron chi connectivity index (χ0n) is 17.9. The van der Waals surface area contributed by atoms with Gasteiger partial charge in [0.2, 0.25) is 5.91 Å². The maximum absolute atomic E-state index is 12.9. The van der Waals surface area contributed by atoms with Crippen LogP contribution in [-0.4, -0.2) is 50.6 Å². The molecular weight excluding hydrogens is 420 g/mol. The molecule has 0 bridgehead atoms. The van der Waals surface area contributed by atoms with Gasteiger partial charge in [-0.25, -0.2) is 0 Å². The topological polar surface area (TPSA) is 77.1 Å². The smallest absolute Gasteiger partial charge is 0.254 e. The van der Waals surface area contributed by atoms with Crippen LogP contribution in [-0.2, 0) is 4.79 Å². The molecule has 1 fully saturated rings. The van der Waals surface area contributed by atoms with Crippen molar-refractivity contribution >= 4 is 29.1 Å². The van der Waals surface area contributed by atoms with E-state index < -0.39 is 0 Å². The van der Waals surface area contributed by atoms with Crippen LogP contribution in [0.2, 0.25) is 5.02 Å². The first-order valence-electron chi connectivity index (χ1n) is 10.2. The highest BCUT2D eigenvalue weighted by Crippen LogP contribution is 2.34. The van der Waals surface area contributed by atoms with Crippen molar-refractivity contribution in [2.45, 2.75) is 19.8 Å². The highest BCUT2D eigenvalue weighted by Gasteiger charge is 2.29. The summed E-state index contributed by atoms with van der Waals surface area (Å²) in [5.74, 6) is 1.19. The number of nitrogens with zero attached hydrogens (tertiary/aromatic N) is 1. The molecule has 8 heteroatoms. The predicted molar refractivity (Wildman–Crippen MR) is 119 cm³/mol. The molecule has 1 aliphatic rings. The van der Waals surface area contributed by atoms with Crippen molar-refractivity contribution < 1.29 is 23.8 Å². The third-order valence-electron chi connectivity index (χ3n) is 5.26. The SMILES string of the molecule is CCOc1c(Cl)cccc1NC(=O)C1CCN(C(=O)c2cc(OC)cc(OC)c2)CC1. The number of piperidine rings is 1. The number of rotatable bonds is 7. The fourth-order valence-corrected chi connectivity index (χ4v) is 3.82. The van der Waals surface area contributed by atoms with Gasteiger partial charge in [0.05, 0.1) is 31.5 Å². The van der Waals surface area contributed by atoms with Crippen LogP contribution in [0.15, 0.2) is 36.4 Å². The van der Waals surface area contributed by atoms with E-state index in [1.807, 2.05) is 6.92 Å². The minimum atomic E-state index is -0.197. The Morgan fingerprint density at radius 3 is 2.32 bits per heavy atom. The first-order chi connectivity index (χ1) is 15.0. The van der Waals surface area contributed by atoms with Crippen molar-refractivity contribution in [2.75, 3.05) is 39.2 Å². The second-order valence-corrected chi connectivity index (χ2v) is 7.61. The number of nitrogens with one attached hydrogen (secondary N) is 1. The number of ether oxygens (including phenoxy) is 3. The summed E-state index contributed by atoms with van der Waals surface area (Å²) in [6, 6.07) is 10.4. The number of benzene rings is 2. The van der Waals surface area contributed by atoms with Crippen LogP contribution in [0.5, 0.6) is 17.2 Å². The summed E-state index contributed by atoms with van der Waals surface area (Å²) in [5.41, 5.74) is 1.06. The highest BCUT2D eigenvalue weighted by molar-refractivity contribution is 6.32. The van der Waals surface area contributed by atoms with Gasteiger partial charge >= 0.3 is 0 Å². The molecule has 3 rings (SSSR count). The van der Waals surface area contributed by atoms with Gasteiger partial charge in [0, 0.05) is 30.6 Å². The molecule has 0 unspecified atom stereocenters. The molecule has 1 aliphatic heterocycles. The van der Waals surface area contributed by atoms with Crippen LogP contribution in [0, 0.1) is 5.92 Å². The third-order valence-corrected chi connectivity index (χ3v) is 5.56. The molecule has 1 heterocycles. The molecule has 0 radical (unpaired) electrons. The predicted octanol–water partition coefficient (Wildman–Crippen LogP) is 4.25. The van der Waals surface area contributed by atoms with Gasteiger partial charge in [0.15, 0.2) is 5.75 Å². The van der Waals surface area contributed by atoms with E-state index in [9.17, 15) is 9.59 Å². The molecule has 166 valence electrons. The number of anilines is 1. The lowest BCUT2D eigenvalue weighted by Crippen LogP contribution is -2.41. The Hall–Kier alpha value is -2.93. The monoisotopic (exact) mass is 446 g/mol. The quantitative estimate of drug-likeness (QED) is 0.688. The normalized spacial score (nSPS) is 14.1. The van der Waals surface area contributed by atoms with E-state index in [1.165, 1.54) is 0 Å². The van der Waals surface area contributed by atoms with Gasteiger partial charge in [-0.15, -0.1) is 0 Å². The summed E-state index contributed by atoms with van der Waals surface area (Å²) in [6.07, 6.45) is 1.15. The van der Waals surface area contributed by atoms with Gasteiger partial charge in [-0.2, -0.15) is 0 Å². The van der Waals surface area contributed by atoms with E-state index in [2.05, 4.69) is 5.32 Å². The van der Waals surface area contributed by atoms with E-state index in [1.54, 1.807) is 55.5 Å². The van der Waals surface area contributed by atoms with Gasteiger partial charge in [-0.05, 0) is 44.0 Å². The molecule has 0 atom stereocenters. The van der Waals surface area contributed by atoms with Gasteiger partial charge in [0.25, 0.3) is 5.91 Å². The first-order valence-corrected chi connectivity index (χ1v) is 10.6. The van der Waals surface area contributed by atoms with Gasteiger partial charge < -0.3 is 24.4 Å². The Balaban J connectivity index is 1.63. The number of para-hydroxylation sites is 1. The van der Waals surface area contributed by atoms with Crippen LogP contribution in [0.4, 0.5) is 5.69 Å². The molecule has 0 saturated carbocycles. The maximum atomic E-state index is 12.9. The molecule has 2 amide bonds. The Bertz CT molecular complexity index is 919. The number of likely N-dealkylation sites (tertiary alicyclic amines) is 1. The first kappa shape index (κ1) is 22.7. The van der Waals surface area contributed by atoms with Crippen molar-refractivity contribution in [3.8, 4) is 17.2 Å². The van der Waals surface area contributed by atoms with Crippen molar-refractivity contribution in [1.82, 2.24) is 4.90 Å². The summed E-state index contributed by atoms with van der Waals surface area (Å²) >= 11 is 6.19. The van der Waals surface area contributed by atoms with Crippen LogP contribution in [0.25, 0.3) is 0 Å². The van der Waals surface area contributed by atoms with Gasteiger partial charge in [-0.1, -0.05) is 17.7 Å². The third kappa shape index (κ3) is 5.41. The highest BCUT2D eigenvalue weighted by atomic mass is 35.5. The molecule has 7 nitrogen and oxygen atoms in total. The molecule has 2 aromatic rings. The van der Waals surface area contributed by atoms with Crippen LogP contribution >= 0.6 is 11.6 Å². The molecule has 31 heavy (non-hydrogen) atoms.